The van der Waals surface area contributed by atoms with Crippen molar-refractivity contribution < 1.29 is 28.9 Å². The summed E-state index contributed by atoms with van der Waals surface area (Å²) in [6.45, 7) is 1.91. The molecule has 188 valence electrons. The molecule has 1 amide bonds. The van der Waals surface area contributed by atoms with Gasteiger partial charge in [0, 0.05) is 12.1 Å². The number of carbonyl (C=O) groups excluding carboxylic acids is 2. The Bertz CT molecular complexity index is 1530. The van der Waals surface area contributed by atoms with Gasteiger partial charge in [-0.1, -0.05) is 42.0 Å². The topological polar surface area (TPSA) is 114 Å². The number of rotatable bonds is 6. The highest BCUT2D eigenvalue weighted by Crippen LogP contribution is 2.43. The molecule has 0 spiro atoms. The molecule has 1 atom stereocenters. The zero-order valence-corrected chi connectivity index (χ0v) is 20.7. The number of para-hydroxylation sites is 1. The van der Waals surface area contributed by atoms with Gasteiger partial charge in [0.1, 0.15) is 11.5 Å². The Balaban J connectivity index is 1.74. The van der Waals surface area contributed by atoms with Gasteiger partial charge >= 0.3 is 5.91 Å². The van der Waals surface area contributed by atoms with E-state index in [2.05, 4.69) is 9.97 Å². The maximum Gasteiger partial charge on any atom is 0.302 e. The molecule has 1 unspecified atom stereocenters. The van der Waals surface area contributed by atoms with Gasteiger partial charge in [0.2, 0.25) is 5.95 Å². The van der Waals surface area contributed by atoms with E-state index in [-0.39, 0.29) is 17.3 Å². The van der Waals surface area contributed by atoms with E-state index in [0.717, 1.165) is 5.56 Å². The van der Waals surface area contributed by atoms with Gasteiger partial charge in [0.05, 0.1) is 49.5 Å². The Morgan fingerprint density at radius 3 is 2.32 bits per heavy atom. The van der Waals surface area contributed by atoms with E-state index >= 15 is 0 Å². The molecule has 2 N–H and O–H groups in total. The smallest absolute Gasteiger partial charge is 0.302 e. The number of benzene rings is 3. The van der Waals surface area contributed by atoms with Gasteiger partial charge in [-0.05, 0) is 24.6 Å². The third-order valence-corrected chi connectivity index (χ3v) is 6.37. The normalized spacial score (nSPS) is 16.9. The summed E-state index contributed by atoms with van der Waals surface area (Å²) in [6, 6.07) is 16.7. The molecule has 0 saturated carbocycles. The Hall–Kier alpha value is -4.79. The molecule has 5 rings (SSSR count). The molecule has 3 aromatic carbocycles. The summed E-state index contributed by atoms with van der Waals surface area (Å²) in [4.78, 5) is 35.9. The van der Waals surface area contributed by atoms with Gasteiger partial charge < -0.3 is 24.3 Å². The van der Waals surface area contributed by atoms with Crippen molar-refractivity contribution in [3.05, 3.63) is 82.9 Å². The van der Waals surface area contributed by atoms with Crippen molar-refractivity contribution in [3.8, 4) is 17.2 Å². The fourth-order valence-electron chi connectivity index (χ4n) is 4.63. The molecule has 1 saturated heterocycles. The van der Waals surface area contributed by atoms with Gasteiger partial charge in [-0.15, -0.1) is 0 Å². The van der Waals surface area contributed by atoms with Gasteiger partial charge in [-0.2, -0.15) is 0 Å². The number of aliphatic hydroxyl groups excluding tert-OH is 1. The predicted molar refractivity (Wildman–Crippen MR) is 138 cm³/mol. The number of carbonyl (C=O) groups is 2. The third kappa shape index (κ3) is 3.94. The molecule has 1 aliphatic heterocycles. The molecule has 0 radical (unpaired) electrons. The van der Waals surface area contributed by atoms with Crippen LogP contribution in [0.4, 0.5) is 5.95 Å². The van der Waals surface area contributed by atoms with Crippen molar-refractivity contribution >= 4 is 34.4 Å². The van der Waals surface area contributed by atoms with E-state index in [9.17, 15) is 14.7 Å². The van der Waals surface area contributed by atoms with Crippen LogP contribution in [0.5, 0.6) is 17.2 Å². The monoisotopic (exact) mass is 499 g/mol. The number of hydrogen-bond acceptors (Lipinski definition) is 7. The van der Waals surface area contributed by atoms with Crippen molar-refractivity contribution in [2.75, 3.05) is 26.2 Å². The Labute approximate surface area is 212 Å². The van der Waals surface area contributed by atoms with Crippen LogP contribution in [-0.4, -0.2) is 48.1 Å². The average Bonchev–Trinajstić information content (AvgIpc) is 3.44. The van der Waals surface area contributed by atoms with Crippen LogP contribution in [0.15, 0.2) is 66.2 Å². The molecular formula is C28H25N3O6. The maximum absolute atomic E-state index is 13.5. The number of anilines is 1. The first-order chi connectivity index (χ1) is 17.9. The number of methoxy groups -OCH3 is 3. The molecular weight excluding hydrogens is 474 g/mol. The molecule has 0 aliphatic carbocycles. The Morgan fingerprint density at radius 1 is 0.919 bits per heavy atom. The van der Waals surface area contributed by atoms with Gasteiger partial charge in [-0.25, -0.2) is 4.98 Å². The lowest BCUT2D eigenvalue weighted by Gasteiger charge is -2.23. The summed E-state index contributed by atoms with van der Waals surface area (Å²) in [5.41, 5.74) is 2.92. The summed E-state index contributed by atoms with van der Waals surface area (Å²) in [7, 11) is 4.51. The van der Waals surface area contributed by atoms with Crippen molar-refractivity contribution in [3.63, 3.8) is 0 Å². The number of aromatic nitrogens is 2. The Morgan fingerprint density at radius 2 is 1.62 bits per heavy atom. The molecule has 0 bridgehead atoms. The van der Waals surface area contributed by atoms with E-state index in [4.69, 9.17) is 14.2 Å². The fraction of sp³-hybridized carbons (Fsp3) is 0.179. The number of aryl methyl sites for hydroxylation is 1. The van der Waals surface area contributed by atoms with E-state index in [1.54, 1.807) is 42.5 Å². The molecule has 9 heteroatoms. The first-order valence-electron chi connectivity index (χ1n) is 11.5. The number of aromatic amines is 1. The van der Waals surface area contributed by atoms with Crippen LogP contribution >= 0.6 is 0 Å². The highest BCUT2D eigenvalue weighted by molar-refractivity contribution is 6.51. The fourth-order valence-corrected chi connectivity index (χ4v) is 4.63. The lowest BCUT2D eigenvalue weighted by atomic mass is 9.94. The number of amides is 1. The first kappa shape index (κ1) is 23.9. The van der Waals surface area contributed by atoms with Crippen molar-refractivity contribution in [2.45, 2.75) is 13.0 Å². The SMILES string of the molecule is COc1cc2nc(N3C(=O)C(=O)/C(=C(/O)c4ccccc4OC)C3c3cccc(C)c3)[nH]c2cc1OC. The third-order valence-electron chi connectivity index (χ3n) is 6.37. The zero-order valence-electron chi connectivity index (χ0n) is 20.7. The highest BCUT2D eigenvalue weighted by Gasteiger charge is 2.48. The van der Waals surface area contributed by atoms with E-state index < -0.39 is 17.7 Å². The summed E-state index contributed by atoms with van der Waals surface area (Å²) in [5.74, 6) is -0.494. The van der Waals surface area contributed by atoms with E-state index in [0.29, 0.717) is 39.4 Å². The number of fused-ring (bicyclic) bond motifs is 1. The minimum Gasteiger partial charge on any atom is -0.507 e. The number of H-pyrrole nitrogens is 1. The first-order valence-corrected chi connectivity index (χ1v) is 11.5. The number of ketones is 1. The lowest BCUT2D eigenvalue weighted by molar-refractivity contribution is -0.132. The number of nitrogens with one attached hydrogen (secondary N) is 1. The quantitative estimate of drug-likeness (QED) is 0.228. The molecule has 9 nitrogen and oxygen atoms in total. The minimum absolute atomic E-state index is 0.0595. The maximum atomic E-state index is 13.5. The second-order valence-electron chi connectivity index (χ2n) is 8.57. The molecule has 4 aromatic rings. The molecule has 1 aliphatic rings. The average molecular weight is 500 g/mol. The van der Waals surface area contributed by atoms with Gasteiger partial charge in [-0.3, -0.25) is 14.5 Å². The predicted octanol–water partition coefficient (Wildman–Crippen LogP) is 4.52. The van der Waals surface area contributed by atoms with Crippen molar-refractivity contribution in [2.24, 2.45) is 0 Å². The highest BCUT2D eigenvalue weighted by atomic mass is 16.5. The summed E-state index contributed by atoms with van der Waals surface area (Å²) in [5, 5.41) is 11.4. The van der Waals surface area contributed by atoms with Gasteiger partial charge in [0.25, 0.3) is 5.78 Å². The minimum atomic E-state index is -0.936. The number of imidazole rings is 1. The summed E-state index contributed by atoms with van der Waals surface area (Å²) in [6.07, 6.45) is 0. The lowest BCUT2D eigenvalue weighted by Crippen LogP contribution is -2.30. The van der Waals surface area contributed by atoms with Crippen molar-refractivity contribution in [1.29, 1.82) is 0 Å². The molecule has 2 heterocycles. The molecule has 1 aromatic heterocycles. The van der Waals surface area contributed by atoms with Crippen LogP contribution < -0.4 is 19.1 Å². The Kier molecular flexibility index (Phi) is 6.04. The zero-order chi connectivity index (χ0) is 26.3. The summed E-state index contributed by atoms with van der Waals surface area (Å²) >= 11 is 0. The second kappa shape index (κ2) is 9.34. The van der Waals surface area contributed by atoms with Crippen LogP contribution in [0.3, 0.4) is 0 Å². The molecule has 37 heavy (non-hydrogen) atoms. The number of aliphatic hydroxyl groups is 1. The second-order valence-corrected chi connectivity index (χ2v) is 8.57. The van der Waals surface area contributed by atoms with Crippen LogP contribution in [0.1, 0.15) is 22.7 Å². The van der Waals surface area contributed by atoms with Crippen LogP contribution in [0.25, 0.3) is 16.8 Å². The molecule has 1 fully saturated rings. The van der Waals surface area contributed by atoms with Gasteiger partial charge in [0.15, 0.2) is 11.5 Å². The number of hydrogen-bond donors (Lipinski definition) is 2. The van der Waals surface area contributed by atoms with Crippen LogP contribution in [0, 0.1) is 6.92 Å². The number of nitrogens with zero attached hydrogens (tertiary/aromatic N) is 2. The summed E-state index contributed by atoms with van der Waals surface area (Å²) < 4.78 is 16.2. The number of Topliss-reactive ketones (excluding diaryl/α,β-unsaturated/α-hetero) is 1. The number of ether oxygens (including phenoxy) is 3. The van der Waals surface area contributed by atoms with E-state index in [1.165, 1.54) is 26.2 Å². The van der Waals surface area contributed by atoms with Crippen molar-refractivity contribution in [1.82, 2.24) is 9.97 Å². The largest absolute Gasteiger partial charge is 0.507 e. The van der Waals surface area contributed by atoms with Crippen LogP contribution in [0.2, 0.25) is 0 Å². The standard InChI is InChI=1S/C28H25N3O6/c1-15-8-7-9-16(12-15)24-23(25(32)17-10-5-6-11-20(17)35-2)26(33)27(34)31(24)28-29-18-13-21(36-3)22(37-4)14-19(18)30-28/h5-14,24,32H,1-4H3,(H,29,30)/b25-23+. The van der Waals surface area contributed by atoms with Crippen LogP contribution in [-0.2, 0) is 9.59 Å². The van der Waals surface area contributed by atoms with E-state index in [1.807, 2.05) is 25.1 Å².